The fourth-order valence-electron chi connectivity index (χ4n) is 2.61. The van der Waals surface area contributed by atoms with Crippen LogP contribution in [-0.2, 0) is 6.54 Å². The number of aliphatic hydroxyl groups is 1. The first kappa shape index (κ1) is 12.6. The number of hydrogen-bond donors (Lipinski definition) is 2. The van der Waals surface area contributed by atoms with Crippen LogP contribution in [0.25, 0.3) is 5.65 Å². The molecule has 1 aliphatic carbocycles. The van der Waals surface area contributed by atoms with Gasteiger partial charge < -0.3 is 14.8 Å². The monoisotopic (exact) mass is 259 g/mol. The summed E-state index contributed by atoms with van der Waals surface area (Å²) in [5.74, 6) is 0.610. The van der Waals surface area contributed by atoms with Crippen molar-refractivity contribution in [1.29, 1.82) is 0 Å². The highest BCUT2D eigenvalue weighted by Crippen LogP contribution is 2.39. The average Bonchev–Trinajstić information content (AvgIpc) is 3.19. The van der Waals surface area contributed by atoms with Gasteiger partial charge in [-0.2, -0.15) is 0 Å². The standard InChI is InChI=1S/C15H21N3O/c1-11-5-6-18-13(8-16-14(18)7-11)9-17-15(2,10-19)12-3-4-12/h5-8,12,17,19H,3-4,9-10H2,1-2H3. The molecule has 1 unspecified atom stereocenters. The van der Waals surface area contributed by atoms with Crippen LogP contribution < -0.4 is 5.32 Å². The average molecular weight is 259 g/mol. The van der Waals surface area contributed by atoms with Crippen molar-refractivity contribution >= 4 is 5.65 Å². The van der Waals surface area contributed by atoms with Crippen molar-refractivity contribution in [2.45, 2.75) is 38.8 Å². The maximum atomic E-state index is 9.59. The Bertz CT molecular complexity index is 588. The molecule has 19 heavy (non-hydrogen) atoms. The Hall–Kier alpha value is -1.39. The van der Waals surface area contributed by atoms with Gasteiger partial charge in [0.1, 0.15) is 5.65 Å². The minimum Gasteiger partial charge on any atom is -0.394 e. The number of aliphatic hydroxyl groups excluding tert-OH is 1. The van der Waals surface area contributed by atoms with Crippen molar-refractivity contribution in [2.24, 2.45) is 5.92 Å². The number of pyridine rings is 1. The predicted molar refractivity (Wildman–Crippen MR) is 75.0 cm³/mol. The van der Waals surface area contributed by atoms with E-state index < -0.39 is 0 Å². The first-order valence-corrected chi connectivity index (χ1v) is 6.91. The molecule has 2 aromatic rings. The lowest BCUT2D eigenvalue weighted by molar-refractivity contribution is 0.153. The van der Waals surface area contributed by atoms with Gasteiger partial charge in [0.05, 0.1) is 18.5 Å². The van der Waals surface area contributed by atoms with Crippen molar-refractivity contribution in [2.75, 3.05) is 6.61 Å². The number of nitrogens with one attached hydrogen (secondary N) is 1. The highest BCUT2D eigenvalue weighted by atomic mass is 16.3. The summed E-state index contributed by atoms with van der Waals surface area (Å²) < 4.78 is 2.10. The van der Waals surface area contributed by atoms with Gasteiger partial charge in [0.25, 0.3) is 0 Å². The van der Waals surface area contributed by atoms with E-state index in [-0.39, 0.29) is 12.1 Å². The molecule has 1 saturated carbocycles. The highest BCUT2D eigenvalue weighted by molar-refractivity contribution is 5.42. The summed E-state index contributed by atoms with van der Waals surface area (Å²) in [6.07, 6.45) is 6.40. The van der Waals surface area contributed by atoms with Crippen LogP contribution in [0.5, 0.6) is 0 Å². The lowest BCUT2D eigenvalue weighted by Crippen LogP contribution is -2.47. The van der Waals surface area contributed by atoms with Gasteiger partial charge in [-0.1, -0.05) is 0 Å². The van der Waals surface area contributed by atoms with Gasteiger partial charge in [-0.3, -0.25) is 0 Å². The quantitative estimate of drug-likeness (QED) is 0.862. The Labute approximate surface area is 113 Å². The summed E-state index contributed by atoms with van der Waals surface area (Å²) in [5.41, 5.74) is 3.18. The molecule has 2 aromatic heterocycles. The zero-order valence-corrected chi connectivity index (χ0v) is 11.6. The van der Waals surface area contributed by atoms with Crippen molar-refractivity contribution < 1.29 is 5.11 Å². The van der Waals surface area contributed by atoms with Crippen molar-refractivity contribution in [3.05, 3.63) is 35.8 Å². The van der Waals surface area contributed by atoms with Crippen LogP contribution in [0.2, 0.25) is 0 Å². The third-order valence-corrected chi connectivity index (χ3v) is 4.23. The number of imidazole rings is 1. The maximum absolute atomic E-state index is 9.59. The zero-order chi connectivity index (χ0) is 13.5. The molecule has 2 N–H and O–H groups in total. The number of nitrogens with zero attached hydrogens (tertiary/aromatic N) is 2. The molecular weight excluding hydrogens is 238 g/mol. The van der Waals surface area contributed by atoms with E-state index in [1.165, 1.54) is 18.4 Å². The third-order valence-electron chi connectivity index (χ3n) is 4.23. The topological polar surface area (TPSA) is 49.6 Å². The van der Waals surface area contributed by atoms with Crippen molar-refractivity contribution in [3.63, 3.8) is 0 Å². The molecule has 0 amide bonds. The fourth-order valence-corrected chi connectivity index (χ4v) is 2.61. The summed E-state index contributed by atoms with van der Waals surface area (Å²) in [6.45, 7) is 5.10. The normalized spacial score (nSPS) is 18.7. The second-order valence-electron chi connectivity index (χ2n) is 5.89. The van der Waals surface area contributed by atoms with E-state index in [9.17, 15) is 5.11 Å². The summed E-state index contributed by atoms with van der Waals surface area (Å²) in [4.78, 5) is 4.43. The van der Waals surface area contributed by atoms with Crippen molar-refractivity contribution in [1.82, 2.24) is 14.7 Å². The number of hydrogen-bond acceptors (Lipinski definition) is 3. The summed E-state index contributed by atoms with van der Waals surface area (Å²) in [5, 5.41) is 13.1. The van der Waals surface area contributed by atoms with E-state index >= 15 is 0 Å². The van der Waals surface area contributed by atoms with Crippen LogP contribution in [0.3, 0.4) is 0 Å². The van der Waals surface area contributed by atoms with Crippen molar-refractivity contribution in [3.8, 4) is 0 Å². The van der Waals surface area contributed by atoms with E-state index in [1.54, 1.807) is 0 Å². The molecule has 3 rings (SSSR count). The predicted octanol–water partition coefficient (Wildman–Crippen LogP) is 1.89. The minimum atomic E-state index is -0.158. The Morgan fingerprint density at radius 1 is 1.53 bits per heavy atom. The molecule has 1 aliphatic rings. The number of aromatic nitrogens is 2. The SMILES string of the molecule is Cc1ccn2c(CNC(C)(CO)C3CC3)cnc2c1. The molecule has 0 saturated heterocycles. The smallest absolute Gasteiger partial charge is 0.137 e. The molecular formula is C15H21N3O. The van der Waals surface area contributed by atoms with E-state index in [4.69, 9.17) is 0 Å². The number of aryl methyl sites for hydroxylation is 1. The molecule has 4 heteroatoms. The highest BCUT2D eigenvalue weighted by Gasteiger charge is 2.40. The Balaban J connectivity index is 1.78. The first-order chi connectivity index (χ1) is 9.12. The number of rotatable bonds is 5. The Morgan fingerprint density at radius 3 is 3.00 bits per heavy atom. The third kappa shape index (κ3) is 2.38. The van der Waals surface area contributed by atoms with Gasteiger partial charge in [-0.05, 0) is 50.3 Å². The molecule has 102 valence electrons. The number of fused-ring (bicyclic) bond motifs is 1. The van der Waals surface area contributed by atoms with E-state index in [0.717, 1.165) is 17.9 Å². The van der Waals surface area contributed by atoms with Gasteiger partial charge >= 0.3 is 0 Å². The molecule has 4 nitrogen and oxygen atoms in total. The molecule has 2 heterocycles. The van der Waals surface area contributed by atoms with E-state index in [2.05, 4.69) is 46.9 Å². The van der Waals surface area contributed by atoms with Crippen LogP contribution >= 0.6 is 0 Å². The maximum Gasteiger partial charge on any atom is 0.137 e. The fraction of sp³-hybridized carbons (Fsp3) is 0.533. The summed E-state index contributed by atoms with van der Waals surface area (Å²) in [6, 6.07) is 4.17. The second-order valence-corrected chi connectivity index (χ2v) is 5.89. The van der Waals surface area contributed by atoms with Gasteiger partial charge in [-0.15, -0.1) is 0 Å². The molecule has 1 atom stereocenters. The van der Waals surface area contributed by atoms with Crippen LogP contribution in [0, 0.1) is 12.8 Å². The first-order valence-electron chi connectivity index (χ1n) is 6.91. The van der Waals surface area contributed by atoms with Crippen LogP contribution in [0.4, 0.5) is 0 Å². The van der Waals surface area contributed by atoms with Gasteiger partial charge in [0, 0.05) is 18.3 Å². The molecule has 0 spiro atoms. The van der Waals surface area contributed by atoms with Crippen LogP contribution in [0.1, 0.15) is 31.0 Å². The lowest BCUT2D eigenvalue weighted by atomic mass is 9.97. The molecule has 0 aromatic carbocycles. The minimum absolute atomic E-state index is 0.158. The summed E-state index contributed by atoms with van der Waals surface area (Å²) in [7, 11) is 0. The van der Waals surface area contributed by atoms with Gasteiger partial charge in [0.15, 0.2) is 0 Å². The van der Waals surface area contributed by atoms with Crippen LogP contribution in [-0.4, -0.2) is 26.6 Å². The Kier molecular flexibility index (Phi) is 3.07. The Morgan fingerprint density at radius 2 is 2.32 bits per heavy atom. The molecule has 0 aliphatic heterocycles. The summed E-state index contributed by atoms with van der Waals surface area (Å²) >= 11 is 0. The van der Waals surface area contributed by atoms with E-state index in [0.29, 0.717) is 5.92 Å². The largest absolute Gasteiger partial charge is 0.394 e. The second kappa shape index (κ2) is 4.62. The lowest BCUT2D eigenvalue weighted by Gasteiger charge is -2.28. The molecule has 0 bridgehead atoms. The van der Waals surface area contributed by atoms with E-state index in [1.807, 2.05) is 6.20 Å². The zero-order valence-electron chi connectivity index (χ0n) is 11.6. The van der Waals surface area contributed by atoms with Gasteiger partial charge in [0.2, 0.25) is 0 Å². The molecule has 1 fully saturated rings. The van der Waals surface area contributed by atoms with Crippen LogP contribution in [0.15, 0.2) is 24.5 Å². The molecule has 0 radical (unpaired) electrons. The van der Waals surface area contributed by atoms with Gasteiger partial charge in [-0.25, -0.2) is 4.98 Å².